The smallest absolute Gasteiger partial charge is 0.235 e. The molecule has 1 aliphatic rings. The first-order valence-corrected chi connectivity index (χ1v) is 7.55. The molecule has 4 nitrogen and oxygen atoms in total. The molecule has 1 aromatic rings. The van der Waals surface area contributed by atoms with E-state index in [2.05, 4.69) is 37.4 Å². The first-order chi connectivity index (χ1) is 9.98. The minimum atomic E-state index is -0.396. The van der Waals surface area contributed by atoms with Crippen LogP contribution in [0.4, 0.5) is 5.69 Å². The van der Waals surface area contributed by atoms with Crippen molar-refractivity contribution in [3.8, 4) is 0 Å². The van der Waals surface area contributed by atoms with Crippen molar-refractivity contribution in [2.24, 2.45) is 5.41 Å². The standard InChI is InChI=1S/C17H26N2O2/c1-13-9-14(2)11-15(10-13)19(3)16(20)17(12-21-4)5-7-18-8-6-17/h9-11,18H,5-8,12H2,1-4H3. The van der Waals surface area contributed by atoms with Gasteiger partial charge in [-0.1, -0.05) is 6.07 Å². The molecular formula is C17H26N2O2. The third-order valence-electron chi connectivity index (χ3n) is 4.33. The van der Waals surface area contributed by atoms with Gasteiger partial charge in [0, 0.05) is 19.8 Å². The third kappa shape index (κ3) is 3.44. The number of carbonyl (C=O) groups is 1. The normalized spacial score (nSPS) is 17.5. The summed E-state index contributed by atoms with van der Waals surface area (Å²) in [7, 11) is 3.55. The molecule has 0 radical (unpaired) electrons. The number of hydrogen-bond acceptors (Lipinski definition) is 3. The van der Waals surface area contributed by atoms with Gasteiger partial charge in [0.05, 0.1) is 12.0 Å². The molecule has 0 unspecified atom stereocenters. The average molecular weight is 290 g/mol. The van der Waals surface area contributed by atoms with Crippen molar-refractivity contribution in [2.75, 3.05) is 38.8 Å². The van der Waals surface area contributed by atoms with Gasteiger partial charge in [0.1, 0.15) is 0 Å². The summed E-state index contributed by atoms with van der Waals surface area (Å²) < 4.78 is 5.36. The summed E-state index contributed by atoms with van der Waals surface area (Å²) >= 11 is 0. The molecule has 2 rings (SSSR count). The molecule has 1 N–H and O–H groups in total. The van der Waals surface area contributed by atoms with Gasteiger partial charge < -0.3 is 15.0 Å². The molecule has 0 bridgehead atoms. The third-order valence-corrected chi connectivity index (χ3v) is 4.33. The van der Waals surface area contributed by atoms with E-state index >= 15 is 0 Å². The topological polar surface area (TPSA) is 41.6 Å². The molecule has 1 aliphatic heterocycles. The van der Waals surface area contributed by atoms with Crippen LogP contribution in [0.2, 0.25) is 0 Å². The van der Waals surface area contributed by atoms with Crippen LogP contribution in [0, 0.1) is 19.3 Å². The van der Waals surface area contributed by atoms with Gasteiger partial charge >= 0.3 is 0 Å². The molecule has 0 aliphatic carbocycles. The molecule has 0 saturated carbocycles. The van der Waals surface area contributed by atoms with E-state index in [0.29, 0.717) is 6.61 Å². The fraction of sp³-hybridized carbons (Fsp3) is 0.588. The zero-order valence-electron chi connectivity index (χ0n) is 13.5. The average Bonchev–Trinajstić information content (AvgIpc) is 2.46. The monoisotopic (exact) mass is 290 g/mol. The predicted molar refractivity (Wildman–Crippen MR) is 85.7 cm³/mol. The Morgan fingerprint density at radius 1 is 1.24 bits per heavy atom. The van der Waals surface area contributed by atoms with Gasteiger partial charge in [0.25, 0.3) is 0 Å². The molecule has 1 saturated heterocycles. The lowest BCUT2D eigenvalue weighted by Crippen LogP contribution is -2.50. The zero-order chi connectivity index (χ0) is 15.5. The SMILES string of the molecule is COCC1(C(=O)N(C)c2cc(C)cc(C)c2)CCNCC1. The maximum Gasteiger partial charge on any atom is 0.235 e. The number of ether oxygens (including phenoxy) is 1. The Labute approximate surface area is 127 Å². The Hall–Kier alpha value is -1.39. The summed E-state index contributed by atoms with van der Waals surface area (Å²) in [6.45, 7) is 6.35. The van der Waals surface area contributed by atoms with Crippen LogP contribution in [-0.2, 0) is 9.53 Å². The number of piperidine rings is 1. The number of amides is 1. The van der Waals surface area contributed by atoms with Crippen molar-refractivity contribution in [1.29, 1.82) is 0 Å². The second-order valence-electron chi connectivity index (χ2n) is 6.17. The number of benzene rings is 1. The molecule has 21 heavy (non-hydrogen) atoms. The number of nitrogens with one attached hydrogen (secondary N) is 1. The summed E-state index contributed by atoms with van der Waals surface area (Å²) in [5.74, 6) is 0.163. The van der Waals surface area contributed by atoms with Crippen molar-refractivity contribution in [2.45, 2.75) is 26.7 Å². The molecule has 1 fully saturated rings. The van der Waals surface area contributed by atoms with Crippen molar-refractivity contribution in [3.05, 3.63) is 29.3 Å². The van der Waals surface area contributed by atoms with E-state index < -0.39 is 5.41 Å². The fourth-order valence-electron chi connectivity index (χ4n) is 3.22. The molecule has 1 aromatic carbocycles. The molecule has 0 atom stereocenters. The summed E-state index contributed by atoms with van der Waals surface area (Å²) in [6, 6.07) is 6.25. The Morgan fingerprint density at radius 2 is 1.81 bits per heavy atom. The van der Waals surface area contributed by atoms with Crippen molar-refractivity contribution >= 4 is 11.6 Å². The summed E-state index contributed by atoms with van der Waals surface area (Å²) in [6.07, 6.45) is 1.66. The fourth-order valence-corrected chi connectivity index (χ4v) is 3.22. The Bertz CT molecular complexity index is 482. The lowest BCUT2D eigenvalue weighted by Gasteiger charge is -2.38. The first kappa shape index (κ1) is 16.0. The highest BCUT2D eigenvalue weighted by molar-refractivity contribution is 5.97. The van der Waals surface area contributed by atoms with Crippen LogP contribution < -0.4 is 10.2 Å². The van der Waals surface area contributed by atoms with E-state index in [-0.39, 0.29) is 5.91 Å². The van der Waals surface area contributed by atoms with Gasteiger partial charge in [-0.3, -0.25) is 4.79 Å². The van der Waals surface area contributed by atoms with E-state index in [1.165, 1.54) is 11.1 Å². The highest BCUT2D eigenvalue weighted by atomic mass is 16.5. The lowest BCUT2D eigenvalue weighted by molar-refractivity contribution is -0.133. The Morgan fingerprint density at radius 3 is 2.33 bits per heavy atom. The van der Waals surface area contributed by atoms with Gasteiger partial charge in [-0.05, 0) is 63.0 Å². The van der Waals surface area contributed by atoms with Crippen LogP contribution in [0.5, 0.6) is 0 Å². The number of hydrogen-bond donors (Lipinski definition) is 1. The number of nitrogens with zero attached hydrogens (tertiary/aromatic N) is 1. The van der Waals surface area contributed by atoms with Crippen LogP contribution in [0.15, 0.2) is 18.2 Å². The lowest BCUT2D eigenvalue weighted by atomic mass is 9.78. The van der Waals surface area contributed by atoms with Crippen LogP contribution in [0.25, 0.3) is 0 Å². The second-order valence-corrected chi connectivity index (χ2v) is 6.17. The number of anilines is 1. The Kier molecular flexibility index (Phi) is 5.01. The summed E-state index contributed by atoms with van der Waals surface area (Å²) in [4.78, 5) is 14.8. The molecule has 0 aromatic heterocycles. The van der Waals surface area contributed by atoms with Crippen LogP contribution in [0.1, 0.15) is 24.0 Å². The second kappa shape index (κ2) is 6.58. The maximum absolute atomic E-state index is 13.1. The molecule has 1 amide bonds. The number of rotatable bonds is 4. The summed E-state index contributed by atoms with van der Waals surface area (Å²) in [5.41, 5.74) is 2.92. The van der Waals surface area contributed by atoms with Crippen LogP contribution in [0.3, 0.4) is 0 Å². The quantitative estimate of drug-likeness (QED) is 0.925. The van der Waals surface area contributed by atoms with Crippen LogP contribution in [-0.4, -0.2) is 39.8 Å². The largest absolute Gasteiger partial charge is 0.384 e. The van der Waals surface area contributed by atoms with Crippen LogP contribution >= 0.6 is 0 Å². The number of carbonyl (C=O) groups excluding carboxylic acids is 1. The highest BCUT2D eigenvalue weighted by Crippen LogP contribution is 2.33. The molecule has 1 heterocycles. The van der Waals surface area contributed by atoms with Crippen molar-refractivity contribution < 1.29 is 9.53 Å². The van der Waals surface area contributed by atoms with E-state index in [9.17, 15) is 4.79 Å². The summed E-state index contributed by atoms with van der Waals surface area (Å²) in [5, 5.41) is 3.32. The maximum atomic E-state index is 13.1. The van der Waals surface area contributed by atoms with E-state index in [4.69, 9.17) is 4.74 Å². The molecule has 116 valence electrons. The zero-order valence-corrected chi connectivity index (χ0v) is 13.5. The van der Waals surface area contributed by atoms with E-state index in [1.807, 2.05) is 7.05 Å². The van der Waals surface area contributed by atoms with Gasteiger partial charge in [0.2, 0.25) is 5.91 Å². The van der Waals surface area contributed by atoms with Gasteiger partial charge in [0.15, 0.2) is 0 Å². The minimum absolute atomic E-state index is 0.163. The molecule has 0 spiro atoms. The van der Waals surface area contributed by atoms with Gasteiger partial charge in [-0.15, -0.1) is 0 Å². The Balaban J connectivity index is 2.27. The molecular weight excluding hydrogens is 264 g/mol. The van der Waals surface area contributed by atoms with Gasteiger partial charge in [-0.2, -0.15) is 0 Å². The highest BCUT2D eigenvalue weighted by Gasteiger charge is 2.41. The minimum Gasteiger partial charge on any atom is -0.384 e. The van der Waals surface area contributed by atoms with E-state index in [0.717, 1.165) is 31.6 Å². The van der Waals surface area contributed by atoms with E-state index in [1.54, 1.807) is 12.0 Å². The van der Waals surface area contributed by atoms with Crippen molar-refractivity contribution in [1.82, 2.24) is 5.32 Å². The van der Waals surface area contributed by atoms with Gasteiger partial charge in [-0.25, -0.2) is 0 Å². The van der Waals surface area contributed by atoms with Crippen molar-refractivity contribution in [3.63, 3.8) is 0 Å². The predicted octanol–water partition coefficient (Wildman–Crippen LogP) is 2.28. The first-order valence-electron chi connectivity index (χ1n) is 7.55. The number of methoxy groups -OCH3 is 1. The number of aryl methyl sites for hydroxylation is 2. The molecule has 4 heteroatoms.